The number of halogens is 1. The number of nitrogens with zero attached hydrogens (tertiary/aromatic N) is 2. The van der Waals surface area contributed by atoms with Crippen molar-refractivity contribution in [3.05, 3.63) is 58.6 Å². The summed E-state index contributed by atoms with van der Waals surface area (Å²) in [4.78, 5) is 28.5. The van der Waals surface area contributed by atoms with Gasteiger partial charge in [0, 0.05) is 12.3 Å². The van der Waals surface area contributed by atoms with E-state index >= 15 is 0 Å². The van der Waals surface area contributed by atoms with Crippen molar-refractivity contribution >= 4 is 55.0 Å². The Kier molecular flexibility index (Phi) is 7.29. The molecule has 1 aromatic heterocycles. The predicted octanol–water partition coefficient (Wildman–Crippen LogP) is 2.89. The monoisotopic (exact) mass is 482 g/mol. The Morgan fingerprint density at radius 1 is 1.19 bits per heavy atom. The number of hydrogen-bond acceptors (Lipinski definition) is 7. The van der Waals surface area contributed by atoms with Gasteiger partial charge < -0.3 is 9.30 Å². The number of sulfone groups is 1. The Balaban J connectivity index is 1.99. The van der Waals surface area contributed by atoms with Gasteiger partial charge in [-0.15, -0.1) is 0 Å². The topological polar surface area (TPSA) is 94.8 Å². The molecule has 1 heterocycles. The number of esters is 1. The van der Waals surface area contributed by atoms with Gasteiger partial charge in [0.2, 0.25) is 0 Å². The lowest BCUT2D eigenvalue weighted by Gasteiger charge is -2.05. The molecule has 0 N–H and O–H groups in total. The van der Waals surface area contributed by atoms with Crippen LogP contribution in [-0.2, 0) is 25.9 Å². The molecule has 0 spiro atoms. The minimum absolute atomic E-state index is 0.147. The van der Waals surface area contributed by atoms with Crippen LogP contribution in [0.5, 0.6) is 0 Å². The zero-order valence-corrected chi connectivity index (χ0v) is 19.2. The molecule has 31 heavy (non-hydrogen) atoms. The van der Waals surface area contributed by atoms with Crippen LogP contribution in [0.2, 0.25) is 0 Å². The number of thiazole rings is 1. The number of rotatable bonds is 7. The van der Waals surface area contributed by atoms with E-state index in [0.29, 0.717) is 16.9 Å². The summed E-state index contributed by atoms with van der Waals surface area (Å²) in [5.74, 6) is -1.96. The number of amides is 1. The Morgan fingerprint density at radius 3 is 2.55 bits per heavy atom. The maximum absolute atomic E-state index is 13.1. The first-order chi connectivity index (χ1) is 14.7. The van der Waals surface area contributed by atoms with Gasteiger partial charge >= 0.3 is 5.97 Å². The largest absolute Gasteiger partial charge is 0.465 e. The molecule has 1 amide bonds. The van der Waals surface area contributed by atoms with Crippen molar-refractivity contribution in [1.82, 2.24) is 4.57 Å². The fourth-order valence-corrected chi connectivity index (χ4v) is 5.41. The molecule has 0 atom stereocenters. The van der Waals surface area contributed by atoms with E-state index in [1.165, 1.54) is 18.4 Å². The van der Waals surface area contributed by atoms with Gasteiger partial charge in [0.25, 0.3) is 5.91 Å². The summed E-state index contributed by atoms with van der Waals surface area (Å²) in [6, 6.07) is 9.30. The van der Waals surface area contributed by atoms with Crippen molar-refractivity contribution in [3.8, 4) is 0 Å². The first-order valence-electron chi connectivity index (χ1n) is 9.01. The van der Waals surface area contributed by atoms with Crippen molar-refractivity contribution in [1.29, 1.82) is 0 Å². The van der Waals surface area contributed by atoms with Crippen LogP contribution < -0.4 is 4.80 Å². The zero-order valence-electron chi connectivity index (χ0n) is 16.7. The standard InChI is InChI=1S/C20H19FN2O5S3/c1-28-19(25)13-3-8-16-17(11-13)30-20(23(16)9-10-29-2)22-18(24)12-31(26,27)15-6-4-14(21)5-7-15/h3-8,11H,9-10,12H2,1-2H3. The van der Waals surface area contributed by atoms with Crippen LogP contribution in [0.3, 0.4) is 0 Å². The number of fused-ring (bicyclic) bond motifs is 1. The van der Waals surface area contributed by atoms with E-state index in [2.05, 4.69) is 4.99 Å². The van der Waals surface area contributed by atoms with Crippen LogP contribution >= 0.6 is 23.1 Å². The molecule has 0 aliphatic carbocycles. The van der Waals surface area contributed by atoms with Crippen molar-refractivity contribution in [2.75, 3.05) is 24.9 Å². The van der Waals surface area contributed by atoms with Gasteiger partial charge in [0.05, 0.1) is 27.8 Å². The molecule has 0 aliphatic rings. The molecular formula is C20H19FN2O5S3. The number of ether oxygens (including phenoxy) is 1. The van der Waals surface area contributed by atoms with Crippen LogP contribution in [0.25, 0.3) is 10.2 Å². The third kappa shape index (κ3) is 5.41. The van der Waals surface area contributed by atoms with Crippen molar-refractivity contribution in [2.45, 2.75) is 11.4 Å². The van der Waals surface area contributed by atoms with Crippen molar-refractivity contribution in [2.24, 2.45) is 4.99 Å². The quantitative estimate of drug-likeness (QED) is 0.380. The number of aryl methyl sites for hydroxylation is 1. The van der Waals surface area contributed by atoms with E-state index in [1.807, 2.05) is 10.8 Å². The van der Waals surface area contributed by atoms with Gasteiger partial charge in [0.15, 0.2) is 14.6 Å². The first-order valence-corrected chi connectivity index (χ1v) is 12.9. The summed E-state index contributed by atoms with van der Waals surface area (Å²) in [6.45, 7) is 0.551. The molecule has 164 valence electrons. The van der Waals surface area contributed by atoms with E-state index in [-0.39, 0.29) is 4.90 Å². The van der Waals surface area contributed by atoms with Crippen molar-refractivity contribution < 1.29 is 27.1 Å². The Morgan fingerprint density at radius 2 is 1.90 bits per heavy atom. The summed E-state index contributed by atoms with van der Waals surface area (Å²) < 4.78 is 45.3. The Labute approximate surface area is 186 Å². The second kappa shape index (κ2) is 9.75. The van der Waals surface area contributed by atoms with Crippen LogP contribution in [0.15, 0.2) is 52.4 Å². The summed E-state index contributed by atoms with van der Waals surface area (Å²) in [7, 11) is -2.67. The first kappa shape index (κ1) is 23.2. The van der Waals surface area contributed by atoms with Gasteiger partial charge in [-0.2, -0.15) is 16.8 Å². The summed E-state index contributed by atoms with van der Waals surface area (Å²) in [5.41, 5.74) is 1.14. The van der Waals surface area contributed by atoms with Crippen LogP contribution in [0, 0.1) is 5.82 Å². The third-order valence-electron chi connectivity index (χ3n) is 4.33. The normalized spacial score (nSPS) is 12.3. The molecule has 7 nitrogen and oxygen atoms in total. The highest BCUT2D eigenvalue weighted by Crippen LogP contribution is 2.20. The highest BCUT2D eigenvalue weighted by atomic mass is 32.2. The average Bonchev–Trinajstić information content (AvgIpc) is 3.07. The number of aromatic nitrogens is 1. The molecule has 0 fully saturated rings. The molecular weight excluding hydrogens is 463 g/mol. The summed E-state index contributed by atoms with van der Waals surface area (Å²) in [6.07, 6.45) is 1.95. The van der Waals surface area contributed by atoms with Gasteiger partial charge in [-0.3, -0.25) is 4.79 Å². The minimum Gasteiger partial charge on any atom is -0.465 e. The number of thioether (sulfide) groups is 1. The highest BCUT2D eigenvalue weighted by molar-refractivity contribution is 7.98. The summed E-state index contributed by atoms with van der Waals surface area (Å²) in [5, 5.41) is 0. The molecule has 0 saturated heterocycles. The number of carbonyl (C=O) groups excluding carboxylic acids is 2. The lowest BCUT2D eigenvalue weighted by molar-refractivity contribution is -0.115. The molecule has 0 radical (unpaired) electrons. The Bertz CT molecular complexity index is 1290. The third-order valence-corrected chi connectivity index (χ3v) is 7.58. The SMILES string of the molecule is COC(=O)c1ccc2c(c1)sc(=NC(=O)CS(=O)(=O)c1ccc(F)cc1)n2CCSC. The molecule has 11 heteroatoms. The number of benzene rings is 2. The van der Waals surface area contributed by atoms with E-state index in [4.69, 9.17) is 4.74 Å². The predicted molar refractivity (Wildman–Crippen MR) is 119 cm³/mol. The van der Waals surface area contributed by atoms with Crippen molar-refractivity contribution in [3.63, 3.8) is 0 Å². The van der Waals surface area contributed by atoms with E-state index in [9.17, 15) is 22.4 Å². The Hall–Kier alpha value is -2.50. The van der Waals surface area contributed by atoms with Gasteiger partial charge in [-0.1, -0.05) is 11.3 Å². The maximum atomic E-state index is 13.1. The number of hydrogen-bond donors (Lipinski definition) is 0. The van der Waals surface area contributed by atoms with E-state index < -0.39 is 33.3 Å². The van der Waals surface area contributed by atoms with Gasteiger partial charge in [-0.05, 0) is 48.7 Å². The summed E-state index contributed by atoms with van der Waals surface area (Å²) >= 11 is 2.80. The molecule has 2 aromatic carbocycles. The fourth-order valence-electron chi connectivity index (χ4n) is 2.83. The molecule has 0 bridgehead atoms. The van der Waals surface area contributed by atoms with Crippen LogP contribution in [0.4, 0.5) is 4.39 Å². The number of carbonyl (C=O) groups is 2. The van der Waals surface area contributed by atoms with Crippen LogP contribution in [-0.4, -0.2) is 49.7 Å². The molecule has 0 aliphatic heterocycles. The lowest BCUT2D eigenvalue weighted by Crippen LogP contribution is -2.21. The second-order valence-corrected chi connectivity index (χ2v) is 10.4. The van der Waals surface area contributed by atoms with E-state index in [1.54, 1.807) is 30.0 Å². The fraction of sp³-hybridized carbons (Fsp3) is 0.250. The van der Waals surface area contributed by atoms with E-state index in [0.717, 1.165) is 40.2 Å². The highest BCUT2D eigenvalue weighted by Gasteiger charge is 2.20. The molecule has 3 aromatic rings. The molecule has 3 rings (SSSR count). The maximum Gasteiger partial charge on any atom is 0.337 e. The van der Waals surface area contributed by atoms with Gasteiger partial charge in [-0.25, -0.2) is 17.6 Å². The smallest absolute Gasteiger partial charge is 0.337 e. The lowest BCUT2D eigenvalue weighted by atomic mass is 10.2. The molecule has 0 saturated carbocycles. The van der Waals surface area contributed by atoms with Crippen LogP contribution in [0.1, 0.15) is 10.4 Å². The van der Waals surface area contributed by atoms with Gasteiger partial charge in [0.1, 0.15) is 11.6 Å². The second-order valence-electron chi connectivity index (χ2n) is 6.42. The minimum atomic E-state index is -3.96. The zero-order chi connectivity index (χ0) is 22.6. The number of methoxy groups -OCH3 is 1. The average molecular weight is 483 g/mol. The molecule has 0 unspecified atom stereocenters.